The van der Waals surface area contributed by atoms with Crippen molar-refractivity contribution >= 4 is 17.3 Å². The van der Waals surface area contributed by atoms with E-state index < -0.39 is 0 Å². The van der Waals surface area contributed by atoms with Crippen LogP contribution in [0.3, 0.4) is 0 Å². The third-order valence-corrected chi connectivity index (χ3v) is 5.06. The van der Waals surface area contributed by atoms with Gasteiger partial charge in [-0.25, -0.2) is 0 Å². The Bertz CT molecular complexity index is 751. The van der Waals surface area contributed by atoms with Gasteiger partial charge in [0.25, 0.3) is 0 Å². The number of anilines is 1. The minimum absolute atomic E-state index is 0.465. The first-order chi connectivity index (χ1) is 11.3. The number of hydrogen-bond acceptors (Lipinski definition) is 4. The Morgan fingerprint density at radius 3 is 2.65 bits per heavy atom. The third-order valence-electron chi connectivity index (χ3n) is 4.82. The quantitative estimate of drug-likeness (QED) is 0.865. The van der Waals surface area contributed by atoms with E-state index in [0.29, 0.717) is 22.5 Å². The minimum Gasteiger partial charge on any atom is -0.370 e. The van der Waals surface area contributed by atoms with E-state index in [0.717, 1.165) is 37.4 Å². The van der Waals surface area contributed by atoms with Crippen LogP contribution in [0.1, 0.15) is 49.0 Å². The van der Waals surface area contributed by atoms with Crippen molar-refractivity contribution in [1.82, 2.24) is 14.8 Å². The zero-order valence-corrected chi connectivity index (χ0v) is 13.6. The summed E-state index contributed by atoms with van der Waals surface area (Å²) < 4.78 is 2.27. The summed E-state index contributed by atoms with van der Waals surface area (Å²) in [5.74, 6) is 1.61. The van der Waals surface area contributed by atoms with Crippen molar-refractivity contribution in [2.45, 2.75) is 37.6 Å². The largest absolute Gasteiger partial charge is 0.370 e. The van der Waals surface area contributed by atoms with Crippen molar-refractivity contribution in [2.75, 3.05) is 18.0 Å². The number of aromatic nitrogens is 3. The lowest BCUT2D eigenvalue weighted by atomic mass is 9.95. The fourth-order valence-electron chi connectivity index (χ4n) is 3.43. The van der Waals surface area contributed by atoms with Crippen LogP contribution in [0.4, 0.5) is 5.69 Å². The van der Waals surface area contributed by atoms with Crippen LogP contribution >= 0.6 is 11.6 Å². The maximum absolute atomic E-state index is 9.32. The topological polar surface area (TPSA) is 57.7 Å². The summed E-state index contributed by atoms with van der Waals surface area (Å²) in [6, 6.07) is 8.43. The van der Waals surface area contributed by atoms with Crippen molar-refractivity contribution in [2.24, 2.45) is 0 Å². The molecule has 23 heavy (non-hydrogen) atoms. The predicted molar refractivity (Wildman–Crippen MR) is 88.6 cm³/mol. The Morgan fingerprint density at radius 2 is 1.96 bits per heavy atom. The maximum atomic E-state index is 9.32. The average molecular weight is 328 g/mol. The molecule has 5 nitrogen and oxygen atoms in total. The molecule has 0 N–H and O–H groups in total. The molecule has 1 aromatic heterocycles. The number of halogens is 1. The van der Waals surface area contributed by atoms with Gasteiger partial charge in [0.2, 0.25) is 0 Å². The molecule has 0 unspecified atom stereocenters. The van der Waals surface area contributed by atoms with E-state index in [2.05, 4.69) is 25.7 Å². The number of nitrogens with zero attached hydrogens (tertiary/aromatic N) is 5. The second-order valence-electron chi connectivity index (χ2n) is 6.36. The SMILES string of the molecule is N#Cc1cc(Cl)ccc1N1CCC(c2nncn2C2CC2)CC1. The van der Waals surface area contributed by atoms with Crippen LogP contribution in [0.25, 0.3) is 0 Å². The van der Waals surface area contributed by atoms with Crippen LogP contribution < -0.4 is 4.90 Å². The van der Waals surface area contributed by atoms with Crippen LogP contribution in [-0.4, -0.2) is 27.9 Å². The van der Waals surface area contributed by atoms with Gasteiger partial charge in [0.1, 0.15) is 18.2 Å². The number of nitriles is 1. The molecule has 2 fully saturated rings. The molecule has 1 aliphatic heterocycles. The van der Waals surface area contributed by atoms with E-state index in [9.17, 15) is 5.26 Å². The molecule has 1 aromatic carbocycles. The molecule has 0 atom stereocenters. The van der Waals surface area contributed by atoms with E-state index >= 15 is 0 Å². The molecule has 0 bridgehead atoms. The van der Waals surface area contributed by atoms with Crippen molar-refractivity contribution in [3.8, 4) is 6.07 Å². The minimum atomic E-state index is 0.465. The van der Waals surface area contributed by atoms with Gasteiger partial charge in [-0.15, -0.1) is 10.2 Å². The van der Waals surface area contributed by atoms with Crippen molar-refractivity contribution in [3.05, 3.63) is 40.9 Å². The molecule has 1 saturated heterocycles. The van der Waals surface area contributed by atoms with E-state index in [4.69, 9.17) is 11.6 Å². The average Bonchev–Trinajstić information content (AvgIpc) is 3.32. The number of hydrogen-bond donors (Lipinski definition) is 0. The molecular formula is C17H18ClN5. The molecular weight excluding hydrogens is 310 g/mol. The predicted octanol–water partition coefficient (Wildman–Crippen LogP) is 3.52. The molecule has 1 saturated carbocycles. The molecule has 2 aliphatic rings. The van der Waals surface area contributed by atoms with E-state index in [-0.39, 0.29) is 0 Å². The summed E-state index contributed by atoms with van der Waals surface area (Å²) in [6.45, 7) is 1.86. The number of rotatable bonds is 3. The Labute approximate surface area is 140 Å². The van der Waals surface area contributed by atoms with Gasteiger partial charge in [-0.3, -0.25) is 0 Å². The van der Waals surface area contributed by atoms with Gasteiger partial charge in [0.15, 0.2) is 0 Å². The lowest BCUT2D eigenvalue weighted by molar-refractivity contribution is 0.465. The molecule has 0 radical (unpaired) electrons. The molecule has 2 heterocycles. The second kappa shape index (κ2) is 5.86. The molecule has 118 valence electrons. The van der Waals surface area contributed by atoms with Crippen LogP contribution in [0, 0.1) is 11.3 Å². The highest BCUT2D eigenvalue weighted by Gasteiger charge is 2.31. The monoisotopic (exact) mass is 327 g/mol. The van der Waals surface area contributed by atoms with Gasteiger partial charge in [0.05, 0.1) is 11.3 Å². The summed E-state index contributed by atoms with van der Waals surface area (Å²) in [5, 5.41) is 18.4. The molecule has 1 aliphatic carbocycles. The fraction of sp³-hybridized carbons (Fsp3) is 0.471. The first-order valence-corrected chi connectivity index (χ1v) is 8.48. The number of benzene rings is 1. The zero-order valence-electron chi connectivity index (χ0n) is 12.8. The summed E-state index contributed by atoms with van der Waals surface area (Å²) in [5.41, 5.74) is 1.64. The van der Waals surface area contributed by atoms with Gasteiger partial charge in [-0.1, -0.05) is 11.6 Å². The van der Waals surface area contributed by atoms with Gasteiger partial charge in [0, 0.05) is 30.1 Å². The highest BCUT2D eigenvalue weighted by Crippen LogP contribution is 2.39. The van der Waals surface area contributed by atoms with E-state index in [1.165, 1.54) is 12.8 Å². The number of piperidine rings is 1. The third kappa shape index (κ3) is 2.79. The molecule has 0 spiro atoms. The molecule has 2 aromatic rings. The Hall–Kier alpha value is -2.06. The summed E-state index contributed by atoms with van der Waals surface area (Å²) >= 11 is 5.99. The van der Waals surface area contributed by atoms with E-state index in [1.807, 2.05) is 18.5 Å². The fourth-order valence-corrected chi connectivity index (χ4v) is 3.60. The first-order valence-electron chi connectivity index (χ1n) is 8.10. The maximum Gasteiger partial charge on any atom is 0.136 e. The molecule has 6 heteroatoms. The van der Waals surface area contributed by atoms with E-state index in [1.54, 1.807) is 6.07 Å². The van der Waals surface area contributed by atoms with Crippen molar-refractivity contribution in [3.63, 3.8) is 0 Å². The second-order valence-corrected chi connectivity index (χ2v) is 6.80. The Kier molecular flexibility index (Phi) is 3.70. The lowest BCUT2D eigenvalue weighted by Crippen LogP contribution is -2.34. The Morgan fingerprint density at radius 1 is 1.17 bits per heavy atom. The van der Waals surface area contributed by atoms with Gasteiger partial charge >= 0.3 is 0 Å². The smallest absolute Gasteiger partial charge is 0.136 e. The highest BCUT2D eigenvalue weighted by atomic mass is 35.5. The van der Waals surface area contributed by atoms with Crippen LogP contribution in [0.15, 0.2) is 24.5 Å². The lowest BCUT2D eigenvalue weighted by Gasteiger charge is -2.33. The highest BCUT2D eigenvalue weighted by molar-refractivity contribution is 6.30. The summed E-state index contributed by atoms with van der Waals surface area (Å²) in [7, 11) is 0. The van der Waals surface area contributed by atoms with Crippen molar-refractivity contribution in [1.29, 1.82) is 5.26 Å². The Balaban J connectivity index is 1.49. The van der Waals surface area contributed by atoms with Crippen LogP contribution in [-0.2, 0) is 0 Å². The first kappa shape index (κ1) is 14.5. The summed E-state index contributed by atoms with van der Waals surface area (Å²) in [6.07, 6.45) is 6.46. The summed E-state index contributed by atoms with van der Waals surface area (Å²) in [4.78, 5) is 2.28. The van der Waals surface area contributed by atoms with Gasteiger partial charge in [-0.2, -0.15) is 5.26 Å². The van der Waals surface area contributed by atoms with Crippen molar-refractivity contribution < 1.29 is 0 Å². The standard InChI is InChI=1S/C17H18ClN5/c18-14-1-4-16(13(9-14)10-19)22-7-5-12(6-8-22)17-21-20-11-23(17)15-2-3-15/h1,4,9,11-12,15H,2-3,5-8H2. The van der Waals surface area contributed by atoms with Crippen LogP contribution in [0.2, 0.25) is 5.02 Å². The van der Waals surface area contributed by atoms with Crippen LogP contribution in [0.5, 0.6) is 0 Å². The van der Waals surface area contributed by atoms with Gasteiger partial charge < -0.3 is 9.47 Å². The molecule has 0 amide bonds. The zero-order chi connectivity index (χ0) is 15.8. The normalized spacial score (nSPS) is 18.9. The molecule has 4 rings (SSSR count). The van der Waals surface area contributed by atoms with Gasteiger partial charge in [-0.05, 0) is 43.9 Å².